The summed E-state index contributed by atoms with van der Waals surface area (Å²) in [6.45, 7) is 4.30. The van der Waals surface area contributed by atoms with Gasteiger partial charge in [0.1, 0.15) is 0 Å². The van der Waals surface area contributed by atoms with E-state index in [9.17, 15) is 0 Å². The van der Waals surface area contributed by atoms with Crippen molar-refractivity contribution in [2.75, 3.05) is 6.54 Å². The molecule has 1 heterocycles. The van der Waals surface area contributed by atoms with Gasteiger partial charge < -0.3 is 5.32 Å². The molecule has 1 heteroatoms. The van der Waals surface area contributed by atoms with E-state index in [1.165, 1.54) is 27.8 Å². The summed E-state index contributed by atoms with van der Waals surface area (Å²) in [5, 5.41) is 3.41. The third-order valence-electron chi connectivity index (χ3n) is 3.55. The molecule has 1 N–H and O–H groups in total. The fourth-order valence-corrected chi connectivity index (χ4v) is 2.54. The zero-order valence-electron chi connectivity index (χ0n) is 10.2. The summed E-state index contributed by atoms with van der Waals surface area (Å²) in [4.78, 5) is 0. The predicted octanol–water partition coefficient (Wildman–Crippen LogP) is 3.31. The number of aryl methyl sites for hydroxylation is 1. The van der Waals surface area contributed by atoms with Crippen LogP contribution in [0.15, 0.2) is 42.5 Å². The van der Waals surface area contributed by atoms with E-state index >= 15 is 0 Å². The molecule has 1 nitrogen and oxygen atoms in total. The smallest absolute Gasteiger partial charge is 0.0208 e. The van der Waals surface area contributed by atoms with Gasteiger partial charge in [0.2, 0.25) is 0 Å². The Labute approximate surface area is 102 Å². The molecule has 0 aliphatic carbocycles. The van der Waals surface area contributed by atoms with Crippen LogP contribution >= 0.6 is 0 Å². The maximum Gasteiger partial charge on any atom is 0.0208 e. The number of hydrogen-bond acceptors (Lipinski definition) is 1. The van der Waals surface area contributed by atoms with Crippen LogP contribution in [-0.4, -0.2) is 6.54 Å². The minimum atomic E-state index is 1.02. The van der Waals surface area contributed by atoms with Crippen LogP contribution in [0, 0.1) is 6.92 Å². The van der Waals surface area contributed by atoms with Gasteiger partial charge in [0.05, 0.1) is 0 Å². The molecule has 2 aromatic rings. The van der Waals surface area contributed by atoms with Gasteiger partial charge in [-0.05, 0) is 47.7 Å². The summed E-state index contributed by atoms with van der Waals surface area (Å²) in [6, 6.07) is 15.5. The van der Waals surface area contributed by atoms with Crippen molar-refractivity contribution in [1.82, 2.24) is 5.32 Å². The molecule has 2 aromatic carbocycles. The summed E-state index contributed by atoms with van der Waals surface area (Å²) < 4.78 is 0. The molecule has 0 unspecified atom stereocenters. The van der Waals surface area contributed by atoms with Crippen molar-refractivity contribution in [1.29, 1.82) is 0 Å². The topological polar surface area (TPSA) is 12.0 Å². The molecule has 17 heavy (non-hydrogen) atoms. The van der Waals surface area contributed by atoms with E-state index in [1.807, 2.05) is 0 Å². The van der Waals surface area contributed by atoms with E-state index in [0.717, 1.165) is 19.5 Å². The molecule has 0 fully saturated rings. The van der Waals surface area contributed by atoms with Gasteiger partial charge in [0.25, 0.3) is 0 Å². The van der Waals surface area contributed by atoms with Gasteiger partial charge in [-0.1, -0.05) is 42.5 Å². The molecule has 3 rings (SSSR count). The van der Waals surface area contributed by atoms with Gasteiger partial charge in [0, 0.05) is 6.54 Å². The highest BCUT2D eigenvalue weighted by Crippen LogP contribution is 2.26. The highest BCUT2D eigenvalue weighted by molar-refractivity contribution is 5.68. The minimum Gasteiger partial charge on any atom is -0.312 e. The monoisotopic (exact) mass is 223 g/mol. The van der Waals surface area contributed by atoms with Gasteiger partial charge in [-0.25, -0.2) is 0 Å². The molecule has 0 amide bonds. The number of hydrogen-bond donors (Lipinski definition) is 1. The number of nitrogens with one attached hydrogen (secondary N) is 1. The molecule has 0 aromatic heterocycles. The van der Waals surface area contributed by atoms with E-state index in [2.05, 4.69) is 54.7 Å². The van der Waals surface area contributed by atoms with Gasteiger partial charge in [0.15, 0.2) is 0 Å². The molecule has 0 atom stereocenters. The van der Waals surface area contributed by atoms with E-state index in [1.54, 1.807) is 0 Å². The lowest BCUT2D eigenvalue weighted by molar-refractivity contribution is 0.644. The second-order valence-electron chi connectivity index (χ2n) is 4.73. The lowest BCUT2D eigenvalue weighted by Gasteiger charge is -2.18. The maximum atomic E-state index is 3.41. The quantitative estimate of drug-likeness (QED) is 0.782. The Morgan fingerprint density at radius 1 is 1.00 bits per heavy atom. The van der Waals surface area contributed by atoms with Crippen LogP contribution in [0.25, 0.3) is 11.1 Å². The normalized spacial score (nSPS) is 14.4. The summed E-state index contributed by atoms with van der Waals surface area (Å²) >= 11 is 0. The molecule has 1 aliphatic heterocycles. The van der Waals surface area contributed by atoms with Crippen molar-refractivity contribution in [3.05, 3.63) is 59.2 Å². The first-order valence-electron chi connectivity index (χ1n) is 6.23. The second kappa shape index (κ2) is 4.34. The van der Waals surface area contributed by atoms with Crippen molar-refractivity contribution in [2.45, 2.75) is 19.9 Å². The average molecular weight is 223 g/mol. The zero-order valence-corrected chi connectivity index (χ0v) is 10.2. The molecule has 0 saturated heterocycles. The molecule has 0 saturated carbocycles. The van der Waals surface area contributed by atoms with E-state index < -0.39 is 0 Å². The standard InChI is InChI=1S/C16H17N/c1-12-4-2-3-5-16(12)14-6-7-15-11-17-9-8-13(15)10-14/h2-7,10,17H,8-9,11H2,1H3. The van der Waals surface area contributed by atoms with E-state index in [0.29, 0.717) is 0 Å². The van der Waals surface area contributed by atoms with E-state index in [4.69, 9.17) is 0 Å². The van der Waals surface area contributed by atoms with Crippen molar-refractivity contribution < 1.29 is 0 Å². The van der Waals surface area contributed by atoms with Gasteiger partial charge in [-0.3, -0.25) is 0 Å². The molecule has 86 valence electrons. The first-order valence-corrected chi connectivity index (χ1v) is 6.23. The minimum absolute atomic E-state index is 1.02. The highest BCUT2D eigenvalue weighted by atomic mass is 14.9. The Morgan fingerprint density at radius 3 is 2.76 bits per heavy atom. The van der Waals surface area contributed by atoms with Crippen molar-refractivity contribution in [3.8, 4) is 11.1 Å². The fourth-order valence-electron chi connectivity index (χ4n) is 2.54. The Morgan fingerprint density at radius 2 is 1.88 bits per heavy atom. The first kappa shape index (κ1) is 10.5. The molecule has 1 aliphatic rings. The summed E-state index contributed by atoms with van der Waals surface area (Å²) in [6.07, 6.45) is 1.15. The number of fused-ring (bicyclic) bond motifs is 1. The lowest BCUT2D eigenvalue weighted by atomic mass is 9.94. The molecular weight excluding hydrogens is 206 g/mol. The van der Waals surface area contributed by atoms with Crippen LogP contribution in [0.3, 0.4) is 0 Å². The summed E-state index contributed by atoms with van der Waals surface area (Å²) in [5.41, 5.74) is 7.01. The van der Waals surface area contributed by atoms with Gasteiger partial charge in [-0.2, -0.15) is 0 Å². The molecule has 0 bridgehead atoms. The van der Waals surface area contributed by atoms with E-state index in [-0.39, 0.29) is 0 Å². The zero-order chi connectivity index (χ0) is 11.7. The van der Waals surface area contributed by atoms with Crippen LogP contribution in [0.4, 0.5) is 0 Å². The van der Waals surface area contributed by atoms with Crippen LogP contribution in [0.1, 0.15) is 16.7 Å². The van der Waals surface area contributed by atoms with Crippen molar-refractivity contribution >= 4 is 0 Å². The fraction of sp³-hybridized carbons (Fsp3) is 0.250. The summed E-state index contributed by atoms with van der Waals surface area (Å²) in [7, 11) is 0. The SMILES string of the molecule is Cc1ccccc1-c1ccc2c(c1)CCNC2. The number of benzene rings is 2. The first-order chi connectivity index (χ1) is 8.34. The molecule has 0 radical (unpaired) electrons. The Kier molecular flexibility index (Phi) is 2.69. The van der Waals surface area contributed by atoms with Crippen LogP contribution in [0.5, 0.6) is 0 Å². The molecule has 0 spiro atoms. The highest BCUT2D eigenvalue weighted by Gasteiger charge is 2.10. The Hall–Kier alpha value is -1.60. The Balaban J connectivity index is 2.07. The van der Waals surface area contributed by atoms with Gasteiger partial charge in [-0.15, -0.1) is 0 Å². The lowest BCUT2D eigenvalue weighted by Crippen LogP contribution is -2.23. The van der Waals surface area contributed by atoms with Crippen LogP contribution < -0.4 is 5.32 Å². The second-order valence-corrected chi connectivity index (χ2v) is 4.73. The molecular formula is C16H17N. The maximum absolute atomic E-state index is 3.41. The van der Waals surface area contributed by atoms with Crippen LogP contribution in [0.2, 0.25) is 0 Å². The third-order valence-corrected chi connectivity index (χ3v) is 3.55. The predicted molar refractivity (Wildman–Crippen MR) is 72.0 cm³/mol. The Bertz CT molecular complexity index is 543. The van der Waals surface area contributed by atoms with Crippen LogP contribution in [-0.2, 0) is 13.0 Å². The third kappa shape index (κ3) is 1.98. The summed E-state index contributed by atoms with van der Waals surface area (Å²) in [5.74, 6) is 0. The van der Waals surface area contributed by atoms with Gasteiger partial charge >= 0.3 is 0 Å². The average Bonchev–Trinajstić information content (AvgIpc) is 2.39. The number of rotatable bonds is 1. The van der Waals surface area contributed by atoms with Crippen molar-refractivity contribution in [3.63, 3.8) is 0 Å². The largest absolute Gasteiger partial charge is 0.312 e. The van der Waals surface area contributed by atoms with Crippen molar-refractivity contribution in [2.24, 2.45) is 0 Å².